The molecule has 2 unspecified atom stereocenters. The number of rotatable bonds is 12. The standard InChI is InChI=1S/C29H36FN3O5/c1-3-17-37-28(35)33(25-18-24(25)22-7-5-4-6-8-22)20-29(21-38-26-10-9-23(30)19-31-26)12-15-32(16-13-29)14-11-27(34)36-2/h3-10,19,24-25H,1,11-18,20-21H2,2H3. The van der Waals surface area contributed by atoms with Gasteiger partial charge in [0.05, 0.1) is 26.3 Å². The Balaban J connectivity index is 1.50. The molecular formula is C29H36FN3O5. The topological polar surface area (TPSA) is 81.2 Å². The number of amides is 1. The molecule has 1 aliphatic heterocycles. The second kappa shape index (κ2) is 12.9. The minimum atomic E-state index is -0.428. The molecular weight excluding hydrogens is 489 g/mol. The third-order valence-electron chi connectivity index (χ3n) is 7.45. The Bertz CT molecular complexity index is 1070. The predicted octanol–water partition coefficient (Wildman–Crippen LogP) is 4.43. The van der Waals surface area contributed by atoms with Crippen LogP contribution in [0.5, 0.6) is 5.88 Å². The molecule has 0 N–H and O–H groups in total. The predicted molar refractivity (Wildman–Crippen MR) is 140 cm³/mol. The first-order valence-corrected chi connectivity index (χ1v) is 13.1. The van der Waals surface area contributed by atoms with Gasteiger partial charge in [0.25, 0.3) is 0 Å². The fraction of sp³-hybridized carbons (Fsp3) is 0.483. The summed E-state index contributed by atoms with van der Waals surface area (Å²) in [6.07, 6.45) is 5.05. The normalized spacial score (nSPS) is 20.3. The molecule has 2 atom stereocenters. The molecule has 2 fully saturated rings. The van der Waals surface area contributed by atoms with Gasteiger partial charge in [0, 0.05) is 36.5 Å². The van der Waals surface area contributed by atoms with Gasteiger partial charge < -0.3 is 24.0 Å². The van der Waals surface area contributed by atoms with E-state index in [-0.39, 0.29) is 36.0 Å². The van der Waals surface area contributed by atoms with Crippen LogP contribution in [-0.2, 0) is 14.3 Å². The molecule has 2 heterocycles. The average molecular weight is 526 g/mol. The number of hydrogen-bond acceptors (Lipinski definition) is 7. The lowest BCUT2D eigenvalue weighted by atomic mass is 9.78. The maximum Gasteiger partial charge on any atom is 0.410 e. The van der Waals surface area contributed by atoms with Gasteiger partial charge in [-0.05, 0) is 44.0 Å². The van der Waals surface area contributed by atoms with E-state index < -0.39 is 5.82 Å². The Hall–Kier alpha value is -3.46. The zero-order chi connectivity index (χ0) is 27.0. The molecule has 8 nitrogen and oxygen atoms in total. The van der Waals surface area contributed by atoms with Crippen LogP contribution in [0, 0.1) is 11.2 Å². The Kier molecular flexibility index (Phi) is 9.33. The third-order valence-corrected chi connectivity index (χ3v) is 7.45. The summed E-state index contributed by atoms with van der Waals surface area (Å²) in [5, 5.41) is 0. The minimum absolute atomic E-state index is 0.0351. The van der Waals surface area contributed by atoms with Crippen LogP contribution in [0.3, 0.4) is 0 Å². The third kappa shape index (κ3) is 7.31. The van der Waals surface area contributed by atoms with E-state index in [0.717, 1.165) is 38.5 Å². The average Bonchev–Trinajstić information content (AvgIpc) is 3.75. The van der Waals surface area contributed by atoms with Crippen molar-refractivity contribution in [1.29, 1.82) is 0 Å². The largest absolute Gasteiger partial charge is 0.477 e. The highest BCUT2D eigenvalue weighted by molar-refractivity contribution is 5.69. The van der Waals surface area contributed by atoms with Crippen molar-refractivity contribution < 1.29 is 28.2 Å². The number of nitrogens with zero attached hydrogens (tertiary/aromatic N) is 3. The smallest absolute Gasteiger partial charge is 0.410 e. The summed E-state index contributed by atoms with van der Waals surface area (Å²) >= 11 is 0. The number of benzene rings is 1. The quantitative estimate of drug-likeness (QED) is 0.300. The molecule has 0 radical (unpaired) electrons. The van der Waals surface area contributed by atoms with E-state index in [1.165, 1.54) is 24.8 Å². The van der Waals surface area contributed by atoms with E-state index >= 15 is 0 Å². The van der Waals surface area contributed by atoms with Crippen LogP contribution in [0.25, 0.3) is 0 Å². The highest BCUT2D eigenvalue weighted by Gasteiger charge is 2.49. The number of piperidine rings is 1. The van der Waals surface area contributed by atoms with E-state index in [0.29, 0.717) is 32.0 Å². The Morgan fingerprint density at radius 3 is 2.63 bits per heavy atom. The monoisotopic (exact) mass is 525 g/mol. The van der Waals surface area contributed by atoms with Crippen LogP contribution < -0.4 is 4.74 Å². The maximum absolute atomic E-state index is 13.4. The van der Waals surface area contributed by atoms with Crippen molar-refractivity contribution in [3.8, 4) is 5.88 Å². The van der Waals surface area contributed by atoms with Gasteiger partial charge in [-0.25, -0.2) is 14.2 Å². The van der Waals surface area contributed by atoms with E-state index in [1.807, 2.05) is 23.1 Å². The Morgan fingerprint density at radius 1 is 1.21 bits per heavy atom. The van der Waals surface area contributed by atoms with E-state index in [1.54, 1.807) is 6.08 Å². The van der Waals surface area contributed by atoms with Gasteiger partial charge in [-0.15, -0.1) is 0 Å². The summed E-state index contributed by atoms with van der Waals surface area (Å²) in [6.45, 7) is 6.71. The first-order chi connectivity index (χ1) is 18.4. The lowest BCUT2D eigenvalue weighted by Crippen LogP contribution is -2.51. The molecule has 1 aromatic carbocycles. The van der Waals surface area contributed by atoms with E-state index in [2.05, 4.69) is 28.6 Å². The highest BCUT2D eigenvalue weighted by atomic mass is 19.1. The number of pyridine rings is 1. The van der Waals surface area contributed by atoms with Crippen molar-refractivity contribution >= 4 is 12.1 Å². The lowest BCUT2D eigenvalue weighted by molar-refractivity contribution is -0.141. The van der Waals surface area contributed by atoms with Crippen molar-refractivity contribution in [2.45, 2.75) is 37.6 Å². The fourth-order valence-corrected chi connectivity index (χ4v) is 5.10. The molecule has 2 aliphatic rings. The van der Waals surface area contributed by atoms with Crippen LogP contribution in [0.15, 0.2) is 61.3 Å². The lowest BCUT2D eigenvalue weighted by Gasteiger charge is -2.44. The van der Waals surface area contributed by atoms with Crippen molar-refractivity contribution in [2.75, 3.05) is 46.5 Å². The van der Waals surface area contributed by atoms with Crippen LogP contribution in [0.1, 0.15) is 37.2 Å². The van der Waals surface area contributed by atoms with Gasteiger partial charge >= 0.3 is 12.1 Å². The number of esters is 1. The van der Waals surface area contributed by atoms with Crippen molar-refractivity contribution in [2.24, 2.45) is 5.41 Å². The summed E-state index contributed by atoms with van der Waals surface area (Å²) in [5.41, 5.74) is 0.840. The molecule has 9 heteroatoms. The van der Waals surface area contributed by atoms with Crippen molar-refractivity contribution in [3.05, 3.63) is 72.7 Å². The molecule has 2 aromatic rings. The van der Waals surface area contributed by atoms with Gasteiger partial charge in [-0.1, -0.05) is 43.0 Å². The zero-order valence-electron chi connectivity index (χ0n) is 21.9. The number of carbonyl (C=O) groups excluding carboxylic acids is 2. The number of ether oxygens (including phenoxy) is 3. The molecule has 204 valence electrons. The first-order valence-electron chi connectivity index (χ1n) is 13.1. The van der Waals surface area contributed by atoms with E-state index in [9.17, 15) is 14.0 Å². The van der Waals surface area contributed by atoms with Gasteiger partial charge in [-0.2, -0.15) is 0 Å². The molecule has 0 spiro atoms. The molecule has 1 saturated carbocycles. The molecule has 0 bridgehead atoms. The zero-order valence-corrected chi connectivity index (χ0v) is 21.9. The van der Waals surface area contributed by atoms with Crippen LogP contribution in [0.4, 0.5) is 9.18 Å². The minimum Gasteiger partial charge on any atom is -0.477 e. The van der Waals surface area contributed by atoms with Gasteiger partial charge in [0.1, 0.15) is 12.4 Å². The SMILES string of the molecule is C=CCOC(=O)N(CC1(COc2ccc(F)cn2)CCN(CCC(=O)OC)CC1)C1CC1c1ccccc1. The highest BCUT2D eigenvalue weighted by Crippen LogP contribution is 2.47. The number of likely N-dealkylation sites (tertiary alicyclic amines) is 1. The number of halogens is 1. The summed E-state index contributed by atoms with van der Waals surface area (Å²) in [7, 11) is 1.39. The molecule has 38 heavy (non-hydrogen) atoms. The number of carbonyl (C=O) groups is 2. The second-order valence-electron chi connectivity index (χ2n) is 10.1. The van der Waals surface area contributed by atoms with Crippen LogP contribution in [0.2, 0.25) is 0 Å². The second-order valence-corrected chi connectivity index (χ2v) is 10.1. The summed E-state index contributed by atoms with van der Waals surface area (Å²) in [4.78, 5) is 33.0. The van der Waals surface area contributed by atoms with E-state index in [4.69, 9.17) is 14.2 Å². The van der Waals surface area contributed by atoms with Gasteiger partial charge in [0.2, 0.25) is 5.88 Å². The maximum atomic E-state index is 13.4. The molecule has 1 amide bonds. The van der Waals surface area contributed by atoms with Crippen molar-refractivity contribution in [3.63, 3.8) is 0 Å². The van der Waals surface area contributed by atoms with Gasteiger partial charge in [-0.3, -0.25) is 4.79 Å². The molecule has 4 rings (SSSR count). The molecule has 1 saturated heterocycles. The number of methoxy groups -OCH3 is 1. The Labute approximate surface area is 223 Å². The number of aromatic nitrogens is 1. The number of hydrogen-bond donors (Lipinski definition) is 0. The summed E-state index contributed by atoms with van der Waals surface area (Å²) < 4.78 is 29.7. The van der Waals surface area contributed by atoms with Crippen LogP contribution in [-0.4, -0.2) is 79.4 Å². The summed E-state index contributed by atoms with van der Waals surface area (Å²) in [6, 6.07) is 13.1. The molecule has 1 aliphatic carbocycles. The summed E-state index contributed by atoms with van der Waals surface area (Å²) in [5.74, 6) is -0.0650. The molecule has 1 aromatic heterocycles. The first kappa shape index (κ1) is 27.6. The Morgan fingerprint density at radius 2 is 1.97 bits per heavy atom. The van der Waals surface area contributed by atoms with Crippen molar-refractivity contribution in [1.82, 2.24) is 14.8 Å². The van der Waals surface area contributed by atoms with Gasteiger partial charge in [0.15, 0.2) is 0 Å². The fourth-order valence-electron chi connectivity index (χ4n) is 5.10. The van der Waals surface area contributed by atoms with Crippen LogP contribution >= 0.6 is 0 Å².